The van der Waals surface area contributed by atoms with Crippen LogP contribution in [0.4, 0.5) is 10.2 Å². The third-order valence-corrected chi connectivity index (χ3v) is 2.72. The summed E-state index contributed by atoms with van der Waals surface area (Å²) in [6.07, 6.45) is 0. The summed E-state index contributed by atoms with van der Waals surface area (Å²) in [6, 6.07) is 6.35. The maximum Gasteiger partial charge on any atom is 0.169 e. The van der Waals surface area contributed by atoms with Gasteiger partial charge in [-0.05, 0) is 17.7 Å². The fourth-order valence-electron chi connectivity index (χ4n) is 1.97. The molecule has 2 aromatic rings. The van der Waals surface area contributed by atoms with Crippen LogP contribution in [0.3, 0.4) is 0 Å². The molecule has 0 saturated carbocycles. The molecule has 0 radical (unpaired) electrons. The van der Waals surface area contributed by atoms with Gasteiger partial charge in [0.15, 0.2) is 5.82 Å². The lowest BCUT2D eigenvalue weighted by atomic mass is 9.92. The summed E-state index contributed by atoms with van der Waals surface area (Å²) in [5.74, 6) is 0.206. The Balaban J connectivity index is 2.33. The van der Waals surface area contributed by atoms with Gasteiger partial charge < -0.3 is 5.73 Å². The predicted octanol–water partition coefficient (Wildman–Crippen LogP) is 2.35. The van der Waals surface area contributed by atoms with Crippen LogP contribution in [0.2, 0.25) is 0 Å². The standard InChI is InChI=1S/C13H17FN4/c1-13(2,3)11-12(15)16-17-18(11)8-9-4-6-10(14)7-5-9/h4-7H,8,15H2,1-3H3. The molecule has 1 aromatic heterocycles. The number of nitrogen functional groups attached to an aromatic ring is 1. The zero-order chi connectivity index (χ0) is 13.3. The van der Waals surface area contributed by atoms with Crippen LogP contribution in [-0.4, -0.2) is 15.0 Å². The van der Waals surface area contributed by atoms with Gasteiger partial charge in [-0.2, -0.15) is 0 Å². The van der Waals surface area contributed by atoms with Gasteiger partial charge in [0, 0.05) is 5.41 Å². The Morgan fingerprint density at radius 3 is 2.39 bits per heavy atom. The number of benzene rings is 1. The second-order valence-corrected chi connectivity index (χ2v) is 5.36. The van der Waals surface area contributed by atoms with Crippen molar-refractivity contribution in [2.24, 2.45) is 0 Å². The molecule has 0 aliphatic rings. The van der Waals surface area contributed by atoms with E-state index in [1.165, 1.54) is 12.1 Å². The number of nitrogens with zero attached hydrogens (tertiary/aromatic N) is 3. The normalized spacial score (nSPS) is 11.8. The van der Waals surface area contributed by atoms with Crippen LogP contribution in [0.5, 0.6) is 0 Å². The lowest BCUT2D eigenvalue weighted by Crippen LogP contribution is -2.20. The minimum atomic E-state index is -0.243. The van der Waals surface area contributed by atoms with Gasteiger partial charge in [-0.1, -0.05) is 38.1 Å². The van der Waals surface area contributed by atoms with Crippen LogP contribution in [0.25, 0.3) is 0 Å². The van der Waals surface area contributed by atoms with Gasteiger partial charge >= 0.3 is 0 Å². The molecule has 1 heterocycles. The molecule has 0 aliphatic carbocycles. The highest BCUT2D eigenvalue weighted by molar-refractivity contribution is 5.38. The molecule has 0 saturated heterocycles. The lowest BCUT2D eigenvalue weighted by Gasteiger charge is -2.20. The summed E-state index contributed by atoms with van der Waals surface area (Å²) in [5.41, 5.74) is 7.58. The highest BCUT2D eigenvalue weighted by Gasteiger charge is 2.23. The van der Waals surface area contributed by atoms with Crippen LogP contribution in [0.1, 0.15) is 32.0 Å². The van der Waals surface area contributed by atoms with Crippen molar-refractivity contribution in [3.63, 3.8) is 0 Å². The van der Waals surface area contributed by atoms with Crippen molar-refractivity contribution >= 4 is 5.82 Å². The molecule has 0 atom stereocenters. The molecule has 1 aromatic carbocycles. The highest BCUT2D eigenvalue weighted by Crippen LogP contribution is 2.26. The molecule has 5 heteroatoms. The van der Waals surface area contributed by atoms with Crippen LogP contribution >= 0.6 is 0 Å². The molecular formula is C13H17FN4. The number of hydrogen-bond acceptors (Lipinski definition) is 3. The van der Waals surface area contributed by atoms with Crippen molar-refractivity contribution in [1.82, 2.24) is 15.0 Å². The number of anilines is 1. The van der Waals surface area contributed by atoms with Crippen molar-refractivity contribution in [2.75, 3.05) is 5.73 Å². The van der Waals surface area contributed by atoms with E-state index in [1.54, 1.807) is 16.8 Å². The molecular weight excluding hydrogens is 231 g/mol. The lowest BCUT2D eigenvalue weighted by molar-refractivity contribution is 0.502. The average Bonchev–Trinajstić information content (AvgIpc) is 2.63. The first-order valence-electron chi connectivity index (χ1n) is 5.82. The Morgan fingerprint density at radius 2 is 1.83 bits per heavy atom. The van der Waals surface area contributed by atoms with Crippen LogP contribution < -0.4 is 5.73 Å². The fraction of sp³-hybridized carbons (Fsp3) is 0.385. The number of nitrogens with two attached hydrogens (primary N) is 1. The quantitative estimate of drug-likeness (QED) is 0.887. The molecule has 2 rings (SSSR count). The molecule has 0 aliphatic heterocycles. The minimum Gasteiger partial charge on any atom is -0.381 e. The van der Waals surface area contributed by atoms with Gasteiger partial charge in [0.25, 0.3) is 0 Å². The van der Waals surface area contributed by atoms with E-state index in [4.69, 9.17) is 5.73 Å². The second kappa shape index (κ2) is 4.40. The molecule has 0 spiro atoms. The molecule has 4 nitrogen and oxygen atoms in total. The van der Waals surface area contributed by atoms with Crippen LogP contribution in [-0.2, 0) is 12.0 Å². The largest absolute Gasteiger partial charge is 0.381 e. The van der Waals surface area contributed by atoms with E-state index in [1.807, 2.05) is 0 Å². The first-order chi connectivity index (χ1) is 8.38. The van der Waals surface area contributed by atoms with Gasteiger partial charge in [0.1, 0.15) is 5.82 Å². The Kier molecular flexibility index (Phi) is 3.07. The molecule has 96 valence electrons. The number of aromatic nitrogens is 3. The van der Waals surface area contributed by atoms with Crippen molar-refractivity contribution in [2.45, 2.75) is 32.7 Å². The van der Waals surface area contributed by atoms with Crippen molar-refractivity contribution < 1.29 is 4.39 Å². The summed E-state index contributed by atoms with van der Waals surface area (Å²) in [5, 5.41) is 7.96. The highest BCUT2D eigenvalue weighted by atomic mass is 19.1. The Hall–Kier alpha value is -1.91. The molecule has 0 fully saturated rings. The van der Waals surface area contributed by atoms with Gasteiger partial charge in [0.05, 0.1) is 12.2 Å². The summed E-state index contributed by atoms with van der Waals surface area (Å²) in [4.78, 5) is 0. The van der Waals surface area contributed by atoms with Crippen molar-refractivity contribution in [1.29, 1.82) is 0 Å². The fourth-order valence-corrected chi connectivity index (χ4v) is 1.97. The first-order valence-corrected chi connectivity index (χ1v) is 5.82. The van der Waals surface area contributed by atoms with Gasteiger partial charge in [-0.15, -0.1) is 5.10 Å². The maximum absolute atomic E-state index is 12.8. The molecule has 0 unspecified atom stereocenters. The zero-order valence-electron chi connectivity index (χ0n) is 10.8. The third kappa shape index (κ3) is 2.50. The van der Waals surface area contributed by atoms with E-state index in [2.05, 4.69) is 31.1 Å². The Morgan fingerprint density at radius 1 is 1.22 bits per heavy atom. The van der Waals surface area contributed by atoms with Gasteiger partial charge in [0.2, 0.25) is 0 Å². The van der Waals surface area contributed by atoms with E-state index in [9.17, 15) is 4.39 Å². The Bertz CT molecular complexity index is 537. The summed E-state index contributed by atoms with van der Waals surface area (Å²) < 4.78 is 14.6. The smallest absolute Gasteiger partial charge is 0.169 e. The molecule has 0 amide bonds. The predicted molar refractivity (Wildman–Crippen MR) is 68.6 cm³/mol. The summed E-state index contributed by atoms with van der Waals surface area (Å²) >= 11 is 0. The number of hydrogen-bond donors (Lipinski definition) is 1. The summed E-state index contributed by atoms with van der Waals surface area (Å²) in [6.45, 7) is 6.72. The van der Waals surface area contributed by atoms with Gasteiger partial charge in [-0.25, -0.2) is 9.07 Å². The summed E-state index contributed by atoms with van der Waals surface area (Å²) in [7, 11) is 0. The third-order valence-electron chi connectivity index (χ3n) is 2.72. The van der Waals surface area contributed by atoms with Gasteiger partial charge in [-0.3, -0.25) is 0 Å². The monoisotopic (exact) mass is 248 g/mol. The van der Waals surface area contributed by atoms with Crippen molar-refractivity contribution in [3.8, 4) is 0 Å². The topological polar surface area (TPSA) is 56.7 Å². The molecule has 2 N–H and O–H groups in total. The zero-order valence-corrected chi connectivity index (χ0v) is 10.8. The number of halogens is 1. The van der Waals surface area contributed by atoms with Crippen LogP contribution in [0, 0.1) is 5.82 Å². The first kappa shape index (κ1) is 12.5. The van der Waals surface area contributed by atoms with E-state index >= 15 is 0 Å². The van der Waals surface area contributed by atoms with Crippen LogP contribution in [0.15, 0.2) is 24.3 Å². The minimum absolute atomic E-state index is 0.131. The van der Waals surface area contributed by atoms with E-state index in [-0.39, 0.29) is 11.2 Å². The molecule has 0 bridgehead atoms. The van der Waals surface area contributed by atoms with E-state index in [0.717, 1.165) is 11.3 Å². The number of rotatable bonds is 2. The average molecular weight is 248 g/mol. The SMILES string of the molecule is CC(C)(C)c1c(N)nnn1Cc1ccc(F)cc1. The van der Waals surface area contributed by atoms with Crippen molar-refractivity contribution in [3.05, 3.63) is 41.3 Å². The van der Waals surface area contributed by atoms with E-state index < -0.39 is 0 Å². The van der Waals surface area contributed by atoms with E-state index in [0.29, 0.717) is 12.4 Å². The second-order valence-electron chi connectivity index (χ2n) is 5.36. The Labute approximate surface area is 106 Å². The maximum atomic E-state index is 12.8. The molecule has 18 heavy (non-hydrogen) atoms.